The summed E-state index contributed by atoms with van der Waals surface area (Å²) >= 11 is 5.72. The number of rotatable bonds is 5. The molecule has 3 nitrogen and oxygen atoms in total. The number of alkyl halides is 1. The van der Waals surface area contributed by atoms with Gasteiger partial charge in [0.2, 0.25) is 0 Å². The quantitative estimate of drug-likeness (QED) is 0.851. The third-order valence-electron chi connectivity index (χ3n) is 4.16. The minimum atomic E-state index is -0.302. The first-order valence-corrected chi connectivity index (χ1v) is 7.97. The van der Waals surface area contributed by atoms with E-state index in [-0.39, 0.29) is 16.7 Å². The number of hydrogen-bond donors (Lipinski definition) is 1. The summed E-state index contributed by atoms with van der Waals surface area (Å²) in [5.74, 6) is 0.791. The lowest BCUT2D eigenvalue weighted by Gasteiger charge is -2.27. The summed E-state index contributed by atoms with van der Waals surface area (Å²) in [5, 5.41) is 9.44. The molecule has 0 spiro atoms. The van der Waals surface area contributed by atoms with Gasteiger partial charge in [-0.25, -0.2) is 0 Å². The van der Waals surface area contributed by atoms with Crippen molar-refractivity contribution in [1.82, 2.24) is 4.57 Å². The maximum Gasteiger partial charge on any atom is 0.251 e. The highest BCUT2D eigenvalue weighted by Gasteiger charge is 2.24. The van der Waals surface area contributed by atoms with E-state index in [1.54, 1.807) is 22.8 Å². The molecule has 0 aliphatic heterocycles. The molecule has 118 valence electrons. The molecule has 0 amide bonds. The second-order valence-electron chi connectivity index (χ2n) is 6.09. The van der Waals surface area contributed by atoms with E-state index < -0.39 is 0 Å². The molecule has 0 atom stereocenters. The SMILES string of the molecule is Cc1cc(C(C)(C)c2ccc(O)cc2)cc(=O)n1CCCCl. The van der Waals surface area contributed by atoms with Crippen molar-refractivity contribution < 1.29 is 5.11 Å². The van der Waals surface area contributed by atoms with Crippen molar-refractivity contribution in [3.05, 3.63) is 63.6 Å². The maximum absolute atomic E-state index is 12.4. The Balaban J connectivity index is 2.43. The van der Waals surface area contributed by atoms with Gasteiger partial charge in [0.15, 0.2) is 0 Å². The molecule has 0 aliphatic carbocycles. The van der Waals surface area contributed by atoms with Gasteiger partial charge >= 0.3 is 0 Å². The Labute approximate surface area is 136 Å². The summed E-state index contributed by atoms with van der Waals surface area (Å²) in [6, 6.07) is 10.9. The van der Waals surface area contributed by atoms with Crippen molar-refractivity contribution >= 4 is 11.6 Å². The molecule has 0 saturated carbocycles. The Hall–Kier alpha value is -1.74. The normalized spacial score (nSPS) is 11.6. The van der Waals surface area contributed by atoms with Crippen LogP contribution in [0.4, 0.5) is 0 Å². The van der Waals surface area contributed by atoms with E-state index >= 15 is 0 Å². The van der Waals surface area contributed by atoms with E-state index in [9.17, 15) is 9.90 Å². The highest BCUT2D eigenvalue weighted by atomic mass is 35.5. The molecule has 1 N–H and O–H groups in total. The monoisotopic (exact) mass is 319 g/mol. The topological polar surface area (TPSA) is 42.2 Å². The number of aromatic hydroxyl groups is 1. The van der Waals surface area contributed by atoms with Crippen LogP contribution in [0.15, 0.2) is 41.2 Å². The van der Waals surface area contributed by atoms with Crippen molar-refractivity contribution in [3.63, 3.8) is 0 Å². The van der Waals surface area contributed by atoms with Crippen LogP contribution in [-0.4, -0.2) is 15.6 Å². The van der Waals surface area contributed by atoms with Crippen molar-refractivity contribution in [3.8, 4) is 5.75 Å². The fourth-order valence-electron chi connectivity index (χ4n) is 2.64. The van der Waals surface area contributed by atoms with Crippen molar-refractivity contribution in [2.75, 3.05) is 5.88 Å². The summed E-state index contributed by atoms with van der Waals surface area (Å²) in [5.41, 5.74) is 2.68. The van der Waals surface area contributed by atoms with E-state index in [4.69, 9.17) is 11.6 Å². The van der Waals surface area contributed by atoms with E-state index in [0.29, 0.717) is 12.4 Å². The van der Waals surface area contributed by atoms with Crippen molar-refractivity contribution in [2.45, 2.75) is 39.2 Å². The average Bonchev–Trinajstić information content (AvgIpc) is 2.46. The standard InChI is InChI=1S/C18H22ClNO2/c1-13-11-15(12-17(22)20(13)10-4-9-19)18(2,3)14-5-7-16(21)8-6-14/h5-8,11-12,21H,4,9-10H2,1-3H3. The average molecular weight is 320 g/mol. The molecule has 2 aromatic rings. The number of phenols is 1. The van der Waals surface area contributed by atoms with Crippen LogP contribution in [0.3, 0.4) is 0 Å². The molecule has 1 aromatic carbocycles. The van der Waals surface area contributed by atoms with Crippen LogP contribution in [0.25, 0.3) is 0 Å². The number of aryl methyl sites for hydroxylation is 1. The Morgan fingerprint density at radius 3 is 2.32 bits per heavy atom. The first kappa shape index (κ1) is 16.6. The predicted octanol–water partition coefficient (Wildman–Crippen LogP) is 3.82. The van der Waals surface area contributed by atoms with Crippen LogP contribution in [0, 0.1) is 6.92 Å². The molecule has 0 fully saturated rings. The lowest BCUT2D eigenvalue weighted by molar-refractivity contribution is 0.474. The third-order valence-corrected chi connectivity index (χ3v) is 4.43. The van der Waals surface area contributed by atoms with E-state index in [1.165, 1.54) is 0 Å². The second-order valence-corrected chi connectivity index (χ2v) is 6.47. The Bertz CT molecular complexity index is 702. The van der Waals surface area contributed by atoms with E-state index in [0.717, 1.165) is 23.2 Å². The number of pyridine rings is 1. The number of phenolic OH excluding ortho intramolecular Hbond substituents is 1. The van der Waals surface area contributed by atoms with Crippen LogP contribution in [0.1, 0.15) is 37.1 Å². The number of nitrogens with zero attached hydrogens (tertiary/aromatic N) is 1. The zero-order chi connectivity index (χ0) is 16.3. The molecule has 0 radical (unpaired) electrons. The van der Waals surface area contributed by atoms with Crippen LogP contribution in [0.5, 0.6) is 5.75 Å². The number of hydrogen-bond acceptors (Lipinski definition) is 2. The summed E-state index contributed by atoms with van der Waals surface area (Å²) in [6.45, 7) is 6.76. The van der Waals surface area contributed by atoms with Crippen LogP contribution in [0.2, 0.25) is 0 Å². The lowest BCUT2D eigenvalue weighted by atomic mass is 9.78. The molecule has 0 unspecified atom stereocenters. The highest BCUT2D eigenvalue weighted by molar-refractivity contribution is 6.17. The largest absolute Gasteiger partial charge is 0.508 e. The first-order valence-electron chi connectivity index (χ1n) is 7.43. The summed E-state index contributed by atoms with van der Waals surface area (Å²) in [4.78, 5) is 12.4. The fraction of sp³-hybridized carbons (Fsp3) is 0.389. The van der Waals surface area contributed by atoms with Gasteiger partial charge in [-0.3, -0.25) is 4.79 Å². The van der Waals surface area contributed by atoms with Gasteiger partial charge in [-0.15, -0.1) is 11.6 Å². The van der Waals surface area contributed by atoms with Crippen molar-refractivity contribution in [1.29, 1.82) is 0 Å². The zero-order valence-corrected chi connectivity index (χ0v) is 14.0. The fourth-order valence-corrected chi connectivity index (χ4v) is 2.76. The molecular weight excluding hydrogens is 298 g/mol. The molecule has 0 aliphatic rings. The number of halogens is 1. The van der Waals surface area contributed by atoms with Crippen LogP contribution < -0.4 is 5.56 Å². The van der Waals surface area contributed by atoms with Gasteiger partial charge < -0.3 is 9.67 Å². The minimum Gasteiger partial charge on any atom is -0.508 e. The van der Waals surface area contributed by atoms with Gasteiger partial charge in [-0.05, 0) is 42.7 Å². The van der Waals surface area contributed by atoms with Gasteiger partial charge in [0, 0.05) is 29.6 Å². The highest BCUT2D eigenvalue weighted by Crippen LogP contribution is 2.32. The van der Waals surface area contributed by atoms with E-state index in [2.05, 4.69) is 19.9 Å². The summed E-state index contributed by atoms with van der Waals surface area (Å²) in [6.07, 6.45) is 0.781. The van der Waals surface area contributed by atoms with Gasteiger partial charge in [0.25, 0.3) is 5.56 Å². The molecule has 0 bridgehead atoms. The summed E-state index contributed by atoms with van der Waals surface area (Å²) < 4.78 is 1.76. The van der Waals surface area contributed by atoms with Gasteiger partial charge in [-0.1, -0.05) is 26.0 Å². The lowest BCUT2D eigenvalue weighted by Crippen LogP contribution is -2.27. The summed E-state index contributed by atoms with van der Waals surface area (Å²) in [7, 11) is 0. The smallest absolute Gasteiger partial charge is 0.251 e. The predicted molar refractivity (Wildman–Crippen MR) is 91.0 cm³/mol. The van der Waals surface area contributed by atoms with Crippen LogP contribution in [-0.2, 0) is 12.0 Å². The molecule has 0 saturated heterocycles. The van der Waals surface area contributed by atoms with Gasteiger partial charge in [0.1, 0.15) is 5.75 Å². The Morgan fingerprint density at radius 1 is 1.14 bits per heavy atom. The molecular formula is C18H22ClNO2. The first-order chi connectivity index (χ1) is 10.4. The Kier molecular flexibility index (Phi) is 4.97. The van der Waals surface area contributed by atoms with Gasteiger partial charge in [0.05, 0.1) is 0 Å². The molecule has 22 heavy (non-hydrogen) atoms. The maximum atomic E-state index is 12.4. The van der Waals surface area contributed by atoms with Gasteiger partial charge in [-0.2, -0.15) is 0 Å². The molecule has 1 aromatic heterocycles. The number of benzene rings is 1. The number of aromatic nitrogens is 1. The zero-order valence-electron chi connectivity index (χ0n) is 13.3. The second kappa shape index (κ2) is 6.57. The van der Waals surface area contributed by atoms with Crippen LogP contribution >= 0.6 is 11.6 Å². The molecule has 2 rings (SSSR count). The molecule has 1 heterocycles. The molecule has 4 heteroatoms. The van der Waals surface area contributed by atoms with E-state index in [1.807, 2.05) is 19.1 Å². The third kappa shape index (κ3) is 3.36. The Morgan fingerprint density at radius 2 is 1.77 bits per heavy atom. The minimum absolute atomic E-state index is 0.00645. The van der Waals surface area contributed by atoms with Crippen molar-refractivity contribution in [2.24, 2.45) is 0 Å².